The first kappa shape index (κ1) is 29.9. The lowest BCUT2D eigenvalue weighted by Gasteiger charge is -2.27. The number of hydrogen-bond acceptors (Lipinski definition) is 3. The van der Waals surface area contributed by atoms with Gasteiger partial charge in [-0.25, -0.2) is 4.98 Å². The molecule has 0 spiro atoms. The van der Waals surface area contributed by atoms with Gasteiger partial charge in [-0.3, -0.25) is 0 Å². The van der Waals surface area contributed by atoms with E-state index in [1.165, 1.54) is 32.7 Å². The maximum Gasteiger partial charge on any atom is 0.227 e. The molecule has 10 rings (SSSR count). The average molecular weight is 665 g/mol. The van der Waals surface area contributed by atoms with Crippen molar-refractivity contribution in [1.29, 1.82) is 0 Å². The van der Waals surface area contributed by atoms with Crippen LogP contribution in [-0.4, -0.2) is 4.98 Å². The molecule has 3 nitrogen and oxygen atoms in total. The van der Waals surface area contributed by atoms with E-state index in [0.717, 1.165) is 55.6 Å². The summed E-state index contributed by atoms with van der Waals surface area (Å²) in [6.45, 7) is 0. The molecule has 0 fully saturated rings. The van der Waals surface area contributed by atoms with Crippen molar-refractivity contribution in [3.05, 3.63) is 194 Å². The third-order valence-corrected chi connectivity index (χ3v) is 10.0. The highest BCUT2D eigenvalue weighted by Gasteiger charge is 2.18. The van der Waals surface area contributed by atoms with Crippen LogP contribution in [0.5, 0.6) is 0 Å². The maximum atomic E-state index is 6.51. The van der Waals surface area contributed by atoms with Crippen LogP contribution in [-0.2, 0) is 0 Å². The number of hydrogen-bond donors (Lipinski definition) is 0. The quantitative estimate of drug-likeness (QED) is 0.177. The number of anilines is 3. The Labute approximate surface area is 301 Å². The van der Waals surface area contributed by atoms with E-state index in [0.29, 0.717) is 5.89 Å². The number of oxazole rings is 1. The van der Waals surface area contributed by atoms with Crippen molar-refractivity contribution < 1.29 is 4.42 Å². The van der Waals surface area contributed by atoms with Gasteiger partial charge in [-0.1, -0.05) is 127 Å². The molecule has 0 atom stereocenters. The zero-order valence-electron chi connectivity index (χ0n) is 28.3. The minimum atomic E-state index is 0.622. The van der Waals surface area contributed by atoms with Crippen molar-refractivity contribution >= 4 is 60.5 Å². The van der Waals surface area contributed by atoms with E-state index in [1.54, 1.807) is 0 Å². The van der Waals surface area contributed by atoms with Gasteiger partial charge in [0.2, 0.25) is 5.89 Å². The smallest absolute Gasteiger partial charge is 0.227 e. The van der Waals surface area contributed by atoms with E-state index >= 15 is 0 Å². The minimum absolute atomic E-state index is 0.622. The molecule has 0 aliphatic carbocycles. The molecule has 10 aromatic rings. The molecular weight excluding hydrogens is 633 g/mol. The number of fused-ring (bicyclic) bond motifs is 5. The molecule has 0 aliphatic rings. The standard InChI is InChI=1S/C49H32N2O/c1-2-12-36(13-3-1)49-50-47-27-25-35-24-26-45(32-46(35)48(47)52-49)51(43-18-8-16-39(30-43)41-22-20-33-10-4-6-14-37(33)28-41)44-19-9-17-40(31-44)42-23-21-34-11-5-7-15-38(34)29-42/h1-32H. The minimum Gasteiger partial charge on any atom is -0.435 e. The monoisotopic (exact) mass is 664 g/mol. The van der Waals surface area contributed by atoms with Crippen LogP contribution in [0.15, 0.2) is 199 Å². The van der Waals surface area contributed by atoms with Crippen LogP contribution >= 0.6 is 0 Å². The van der Waals surface area contributed by atoms with Crippen LogP contribution in [0.3, 0.4) is 0 Å². The lowest BCUT2D eigenvalue weighted by Crippen LogP contribution is -2.10. The summed E-state index contributed by atoms with van der Waals surface area (Å²) in [7, 11) is 0. The van der Waals surface area contributed by atoms with Gasteiger partial charge in [-0.2, -0.15) is 0 Å². The lowest BCUT2D eigenvalue weighted by atomic mass is 9.99. The molecule has 52 heavy (non-hydrogen) atoms. The molecular formula is C49H32N2O. The molecule has 9 aromatic carbocycles. The summed E-state index contributed by atoms with van der Waals surface area (Å²) in [4.78, 5) is 7.23. The summed E-state index contributed by atoms with van der Waals surface area (Å²) < 4.78 is 6.51. The predicted octanol–water partition coefficient (Wildman–Crippen LogP) is 13.8. The van der Waals surface area contributed by atoms with Crippen molar-refractivity contribution in [3.63, 3.8) is 0 Å². The second-order valence-electron chi connectivity index (χ2n) is 13.3. The van der Waals surface area contributed by atoms with Crippen LogP contribution < -0.4 is 4.90 Å². The van der Waals surface area contributed by atoms with Gasteiger partial charge < -0.3 is 9.32 Å². The zero-order chi connectivity index (χ0) is 34.4. The highest BCUT2D eigenvalue weighted by molar-refractivity contribution is 6.05. The fourth-order valence-electron chi connectivity index (χ4n) is 7.37. The van der Waals surface area contributed by atoms with E-state index in [4.69, 9.17) is 9.40 Å². The van der Waals surface area contributed by atoms with Gasteiger partial charge in [0.1, 0.15) is 5.52 Å². The number of nitrogens with zero attached hydrogens (tertiary/aromatic N) is 2. The Morgan fingerprint density at radius 1 is 0.346 bits per heavy atom. The van der Waals surface area contributed by atoms with Gasteiger partial charge in [-0.15, -0.1) is 0 Å². The summed E-state index contributed by atoms with van der Waals surface area (Å²) in [5, 5.41) is 7.05. The Kier molecular flexibility index (Phi) is 7.14. The third kappa shape index (κ3) is 5.37. The SMILES string of the molecule is c1ccc(-c2nc3ccc4ccc(N(c5cccc(-c6ccc7ccccc7c6)c5)c5cccc(-c6ccc7ccccc7c6)c5)cc4c3o2)cc1. The van der Waals surface area contributed by atoms with Gasteiger partial charge >= 0.3 is 0 Å². The van der Waals surface area contributed by atoms with E-state index in [1.807, 2.05) is 36.4 Å². The molecule has 0 aliphatic heterocycles. The second-order valence-corrected chi connectivity index (χ2v) is 13.3. The molecule has 0 bridgehead atoms. The largest absolute Gasteiger partial charge is 0.435 e. The van der Waals surface area contributed by atoms with Crippen molar-refractivity contribution in [1.82, 2.24) is 4.98 Å². The molecule has 0 N–H and O–H groups in total. The molecule has 0 saturated carbocycles. The molecule has 0 saturated heterocycles. The fraction of sp³-hybridized carbons (Fsp3) is 0. The lowest BCUT2D eigenvalue weighted by molar-refractivity contribution is 0.623. The number of rotatable bonds is 6. The van der Waals surface area contributed by atoms with Crippen molar-refractivity contribution in [2.45, 2.75) is 0 Å². The second kappa shape index (κ2) is 12.4. The van der Waals surface area contributed by atoms with Gasteiger partial charge in [0, 0.05) is 28.0 Å². The van der Waals surface area contributed by atoms with Crippen molar-refractivity contribution in [2.75, 3.05) is 4.90 Å². The Bertz CT molecular complexity index is 2800. The van der Waals surface area contributed by atoms with E-state index in [2.05, 4.69) is 163 Å². The van der Waals surface area contributed by atoms with Gasteiger partial charge in [0.05, 0.1) is 0 Å². The summed E-state index contributed by atoms with van der Waals surface area (Å²) in [5.41, 5.74) is 10.4. The summed E-state index contributed by atoms with van der Waals surface area (Å²) in [5.74, 6) is 0.622. The Morgan fingerprint density at radius 2 is 0.846 bits per heavy atom. The predicted molar refractivity (Wildman–Crippen MR) is 218 cm³/mol. The van der Waals surface area contributed by atoms with E-state index in [9.17, 15) is 0 Å². The van der Waals surface area contributed by atoms with Crippen molar-refractivity contribution in [3.8, 4) is 33.7 Å². The first-order chi connectivity index (χ1) is 25.7. The maximum absolute atomic E-state index is 6.51. The van der Waals surface area contributed by atoms with Crippen LogP contribution in [0.2, 0.25) is 0 Å². The summed E-state index contributed by atoms with van der Waals surface area (Å²) in [6, 6.07) is 69.0. The summed E-state index contributed by atoms with van der Waals surface area (Å²) in [6.07, 6.45) is 0. The van der Waals surface area contributed by atoms with E-state index < -0.39 is 0 Å². The molecule has 0 amide bonds. The Hall–Kier alpha value is -6.97. The number of aromatic nitrogens is 1. The molecule has 1 heterocycles. The first-order valence-electron chi connectivity index (χ1n) is 17.6. The van der Waals surface area contributed by atoms with Gasteiger partial charge in [0.25, 0.3) is 0 Å². The van der Waals surface area contributed by atoms with Gasteiger partial charge in [0.15, 0.2) is 5.58 Å². The first-order valence-corrected chi connectivity index (χ1v) is 17.6. The third-order valence-electron chi connectivity index (χ3n) is 10.0. The molecule has 3 heteroatoms. The molecule has 0 unspecified atom stereocenters. The zero-order valence-corrected chi connectivity index (χ0v) is 28.3. The van der Waals surface area contributed by atoms with Crippen LogP contribution in [0.4, 0.5) is 17.1 Å². The van der Waals surface area contributed by atoms with E-state index in [-0.39, 0.29) is 0 Å². The number of benzene rings is 9. The normalized spacial score (nSPS) is 11.5. The fourth-order valence-corrected chi connectivity index (χ4v) is 7.37. The highest BCUT2D eigenvalue weighted by atomic mass is 16.3. The topological polar surface area (TPSA) is 29.3 Å². The van der Waals surface area contributed by atoms with Crippen LogP contribution in [0.25, 0.3) is 77.1 Å². The Morgan fingerprint density at radius 3 is 1.48 bits per heavy atom. The highest BCUT2D eigenvalue weighted by Crippen LogP contribution is 2.41. The van der Waals surface area contributed by atoms with Crippen LogP contribution in [0, 0.1) is 0 Å². The molecule has 0 radical (unpaired) electrons. The molecule has 244 valence electrons. The summed E-state index contributed by atoms with van der Waals surface area (Å²) >= 11 is 0. The van der Waals surface area contributed by atoms with Gasteiger partial charge in [-0.05, 0) is 116 Å². The molecule has 1 aromatic heterocycles. The van der Waals surface area contributed by atoms with Crippen molar-refractivity contribution in [2.24, 2.45) is 0 Å². The average Bonchev–Trinajstić information content (AvgIpc) is 3.67. The van der Waals surface area contributed by atoms with Crippen LogP contribution in [0.1, 0.15) is 0 Å². The Balaban J connectivity index is 1.15.